The van der Waals surface area contributed by atoms with E-state index in [1.54, 1.807) is 42.5 Å². The fourth-order valence-corrected chi connectivity index (χ4v) is 8.70. The van der Waals surface area contributed by atoms with Gasteiger partial charge in [-0.05, 0) is 82.2 Å². The lowest BCUT2D eigenvalue weighted by atomic mass is 10.1. The average Bonchev–Trinajstić information content (AvgIpc) is 3.40. The van der Waals surface area contributed by atoms with Crippen LogP contribution in [0.3, 0.4) is 0 Å². The number of hydrogen-bond acceptors (Lipinski definition) is 7. The molecule has 5 aromatic rings. The SMILES string of the molecule is O=C(NN1C(=O)C(CN2CCOCC2)SC1c1ccccc1)c1ccc(-n2c(-c3ccc(Cl)cc3)nc3c(Br)cc(Br)cc3c2=O)cc1. The molecule has 9 nitrogen and oxygen atoms in total. The van der Waals surface area contributed by atoms with Gasteiger partial charge in [0, 0.05) is 44.7 Å². The van der Waals surface area contributed by atoms with E-state index < -0.39 is 5.91 Å². The van der Waals surface area contributed by atoms with Gasteiger partial charge in [0.15, 0.2) is 0 Å². The van der Waals surface area contributed by atoms with Crippen molar-refractivity contribution >= 4 is 77.9 Å². The molecule has 2 aliphatic heterocycles. The minimum absolute atomic E-state index is 0.149. The summed E-state index contributed by atoms with van der Waals surface area (Å²) < 4.78 is 8.41. The second kappa shape index (κ2) is 14.1. The number of halogens is 3. The summed E-state index contributed by atoms with van der Waals surface area (Å²) in [6.45, 7) is 3.39. The summed E-state index contributed by atoms with van der Waals surface area (Å²) in [4.78, 5) is 48.5. The summed E-state index contributed by atoms with van der Waals surface area (Å²) in [5.74, 6) is -0.164. The standard InChI is InChI=1S/C35H28Br2ClN5O4S/c36-24-18-27-30(28(37)19-24)39-31(21-6-10-25(38)11-7-21)42(33(27)45)26-12-8-22(9-13-26)32(44)40-43-34(46)29(20-41-14-16-47-17-15-41)48-35(43)23-4-2-1-3-5-23/h1-13,18-19,29,35H,14-17,20H2,(H,40,44). The fraction of sp³-hybridized carbons (Fsp3) is 0.200. The first kappa shape index (κ1) is 33.0. The number of thioether (sulfide) groups is 1. The molecule has 13 heteroatoms. The van der Waals surface area contributed by atoms with Crippen molar-refractivity contribution < 1.29 is 14.3 Å². The van der Waals surface area contributed by atoms with Crippen LogP contribution in [0.4, 0.5) is 0 Å². The number of carbonyl (C=O) groups excluding carboxylic acids is 2. The van der Waals surface area contributed by atoms with Crippen molar-refractivity contribution in [1.82, 2.24) is 24.9 Å². The van der Waals surface area contributed by atoms with Gasteiger partial charge in [-0.3, -0.25) is 29.3 Å². The summed E-state index contributed by atoms with van der Waals surface area (Å²) >= 11 is 14.7. The van der Waals surface area contributed by atoms with Gasteiger partial charge in [-0.15, -0.1) is 11.8 Å². The lowest BCUT2D eigenvalue weighted by Crippen LogP contribution is -2.48. The molecule has 2 fully saturated rings. The molecule has 0 radical (unpaired) electrons. The molecule has 48 heavy (non-hydrogen) atoms. The maximum atomic E-state index is 14.0. The maximum Gasteiger partial charge on any atom is 0.269 e. The van der Waals surface area contributed by atoms with Gasteiger partial charge in [-0.25, -0.2) is 9.99 Å². The third-order valence-corrected chi connectivity index (χ3v) is 11.0. The highest BCUT2D eigenvalue weighted by Crippen LogP contribution is 2.42. The third-order valence-electron chi connectivity index (χ3n) is 8.26. The number of benzene rings is 4. The number of morpholine rings is 1. The number of amides is 2. The molecule has 7 rings (SSSR count). The van der Waals surface area contributed by atoms with Gasteiger partial charge in [0.2, 0.25) is 0 Å². The highest BCUT2D eigenvalue weighted by molar-refractivity contribution is 9.11. The fourth-order valence-electron chi connectivity index (χ4n) is 5.83. The van der Waals surface area contributed by atoms with Crippen molar-refractivity contribution in [2.24, 2.45) is 0 Å². The highest BCUT2D eigenvalue weighted by Gasteiger charge is 2.43. The van der Waals surface area contributed by atoms with E-state index in [9.17, 15) is 14.4 Å². The Labute approximate surface area is 302 Å². The second-order valence-electron chi connectivity index (χ2n) is 11.4. The topological polar surface area (TPSA) is 96.8 Å². The summed E-state index contributed by atoms with van der Waals surface area (Å²) in [5, 5.41) is 1.71. The molecule has 0 saturated carbocycles. The summed E-state index contributed by atoms with van der Waals surface area (Å²) in [6, 6.07) is 27.1. The minimum Gasteiger partial charge on any atom is -0.379 e. The van der Waals surface area contributed by atoms with E-state index in [1.165, 1.54) is 21.3 Å². The highest BCUT2D eigenvalue weighted by atomic mass is 79.9. The van der Waals surface area contributed by atoms with Gasteiger partial charge in [0.1, 0.15) is 16.4 Å². The molecule has 2 saturated heterocycles. The van der Waals surface area contributed by atoms with E-state index in [0.29, 0.717) is 62.8 Å². The molecule has 0 aliphatic carbocycles. The van der Waals surface area contributed by atoms with Crippen LogP contribution in [-0.4, -0.2) is 69.4 Å². The van der Waals surface area contributed by atoms with E-state index in [4.69, 9.17) is 21.3 Å². The number of carbonyl (C=O) groups is 2. The van der Waals surface area contributed by atoms with Crippen molar-refractivity contribution in [3.63, 3.8) is 0 Å². The van der Waals surface area contributed by atoms with E-state index in [2.05, 4.69) is 42.2 Å². The zero-order valence-electron chi connectivity index (χ0n) is 25.3. The van der Waals surface area contributed by atoms with Crippen LogP contribution >= 0.6 is 55.2 Å². The van der Waals surface area contributed by atoms with Crippen molar-refractivity contribution in [2.75, 3.05) is 32.8 Å². The van der Waals surface area contributed by atoms with Gasteiger partial charge in [0.25, 0.3) is 17.4 Å². The Morgan fingerprint density at radius 3 is 2.38 bits per heavy atom. The first-order valence-corrected chi connectivity index (χ1v) is 18.1. The number of ether oxygens (including phenoxy) is 1. The largest absolute Gasteiger partial charge is 0.379 e. The molecule has 1 N–H and O–H groups in total. The zero-order chi connectivity index (χ0) is 33.4. The van der Waals surface area contributed by atoms with Crippen LogP contribution in [0.25, 0.3) is 28.0 Å². The Kier molecular flexibility index (Phi) is 9.72. The summed E-state index contributed by atoms with van der Waals surface area (Å²) in [5.41, 5.74) is 5.60. The molecule has 4 aromatic carbocycles. The molecule has 2 amide bonds. The Morgan fingerprint density at radius 1 is 0.958 bits per heavy atom. The normalized spacial score (nSPS) is 18.4. The first-order chi connectivity index (χ1) is 23.3. The number of nitrogens with zero attached hydrogens (tertiary/aromatic N) is 4. The minimum atomic E-state index is -0.432. The smallest absolute Gasteiger partial charge is 0.269 e. The van der Waals surface area contributed by atoms with Gasteiger partial charge in [-0.2, -0.15) is 0 Å². The van der Waals surface area contributed by atoms with Crippen molar-refractivity contribution in [1.29, 1.82) is 0 Å². The van der Waals surface area contributed by atoms with Crippen LogP contribution < -0.4 is 11.0 Å². The van der Waals surface area contributed by atoms with E-state index in [0.717, 1.165) is 23.1 Å². The number of hydrogen-bond donors (Lipinski definition) is 1. The quantitative estimate of drug-likeness (QED) is 0.192. The Morgan fingerprint density at radius 2 is 1.67 bits per heavy atom. The monoisotopic (exact) mass is 807 g/mol. The molecule has 1 aromatic heterocycles. The lowest BCUT2D eigenvalue weighted by Gasteiger charge is -2.28. The van der Waals surface area contributed by atoms with E-state index in [-0.39, 0.29) is 22.1 Å². The summed E-state index contributed by atoms with van der Waals surface area (Å²) in [6.07, 6.45) is 0. The number of hydrazine groups is 1. The van der Waals surface area contributed by atoms with Crippen LogP contribution in [0.1, 0.15) is 21.3 Å². The second-order valence-corrected chi connectivity index (χ2v) is 14.9. The number of nitrogens with one attached hydrogen (secondary N) is 1. The molecular formula is C35H28Br2ClN5O4S. The molecule has 244 valence electrons. The van der Waals surface area contributed by atoms with Crippen molar-refractivity contribution in [3.8, 4) is 17.1 Å². The number of rotatable bonds is 7. The molecule has 0 spiro atoms. The van der Waals surface area contributed by atoms with Crippen molar-refractivity contribution in [2.45, 2.75) is 10.6 Å². The molecule has 2 atom stereocenters. The van der Waals surface area contributed by atoms with Crippen LogP contribution in [0.2, 0.25) is 5.02 Å². The van der Waals surface area contributed by atoms with Crippen LogP contribution in [0.15, 0.2) is 105 Å². The Hall–Kier alpha value is -3.52. The molecule has 3 heterocycles. The number of fused-ring (bicyclic) bond motifs is 1. The number of aromatic nitrogens is 2. The van der Waals surface area contributed by atoms with Gasteiger partial charge < -0.3 is 4.74 Å². The molecule has 0 bridgehead atoms. The molecular weight excluding hydrogens is 782 g/mol. The van der Waals surface area contributed by atoms with Gasteiger partial charge in [0.05, 0.1) is 29.8 Å². The van der Waals surface area contributed by atoms with Crippen LogP contribution in [0, 0.1) is 0 Å². The Balaban J connectivity index is 1.20. The molecule has 2 unspecified atom stereocenters. The predicted octanol–water partition coefficient (Wildman–Crippen LogP) is 6.85. The van der Waals surface area contributed by atoms with Gasteiger partial charge in [-0.1, -0.05) is 57.9 Å². The van der Waals surface area contributed by atoms with Crippen LogP contribution in [0.5, 0.6) is 0 Å². The van der Waals surface area contributed by atoms with Crippen molar-refractivity contribution in [3.05, 3.63) is 126 Å². The van der Waals surface area contributed by atoms with E-state index in [1.807, 2.05) is 48.5 Å². The Bertz CT molecular complexity index is 2060. The predicted molar refractivity (Wildman–Crippen MR) is 195 cm³/mol. The van der Waals surface area contributed by atoms with Crippen LogP contribution in [-0.2, 0) is 9.53 Å². The maximum absolute atomic E-state index is 14.0. The van der Waals surface area contributed by atoms with E-state index >= 15 is 0 Å². The third kappa shape index (κ3) is 6.70. The average molecular weight is 810 g/mol. The zero-order valence-corrected chi connectivity index (χ0v) is 30.1. The van der Waals surface area contributed by atoms with Gasteiger partial charge >= 0.3 is 0 Å². The first-order valence-electron chi connectivity index (χ1n) is 15.2. The summed E-state index contributed by atoms with van der Waals surface area (Å²) in [7, 11) is 0. The lowest BCUT2D eigenvalue weighted by molar-refractivity contribution is -0.133. The molecule has 2 aliphatic rings.